The summed E-state index contributed by atoms with van der Waals surface area (Å²) in [5.74, 6) is 0.598. The molecule has 0 aliphatic carbocycles. The molecule has 8 nitrogen and oxygen atoms in total. The van der Waals surface area contributed by atoms with E-state index in [0.717, 1.165) is 18.8 Å². The predicted octanol–water partition coefficient (Wildman–Crippen LogP) is 0.375. The normalized spacial score (nSPS) is 17.4. The first kappa shape index (κ1) is 16.0. The standard InChI is InChI=1S/C14H20N6O2S/c1-9(21)7-19-3-5-20(6-4-19)14(22)11-10(2)17-13(23-11)12-15-8-16-18-12/h8-9,21H,3-7H2,1-2H3,(H,15,16,18)/t9-/m0/s1. The van der Waals surface area contributed by atoms with E-state index in [-0.39, 0.29) is 12.0 Å². The number of thiazole rings is 1. The molecule has 2 N–H and O–H groups in total. The van der Waals surface area contributed by atoms with Gasteiger partial charge in [0, 0.05) is 32.7 Å². The van der Waals surface area contributed by atoms with Crippen LogP contribution in [0.5, 0.6) is 0 Å². The summed E-state index contributed by atoms with van der Waals surface area (Å²) < 4.78 is 0. The lowest BCUT2D eigenvalue weighted by Gasteiger charge is -2.35. The van der Waals surface area contributed by atoms with Crippen molar-refractivity contribution in [3.63, 3.8) is 0 Å². The smallest absolute Gasteiger partial charge is 0.265 e. The zero-order chi connectivity index (χ0) is 16.4. The largest absolute Gasteiger partial charge is 0.392 e. The highest BCUT2D eigenvalue weighted by molar-refractivity contribution is 7.17. The maximum atomic E-state index is 12.7. The zero-order valence-corrected chi connectivity index (χ0v) is 14.0. The number of aromatic nitrogens is 4. The fraction of sp³-hybridized carbons (Fsp3) is 0.571. The molecular formula is C14H20N6O2S. The Hall–Kier alpha value is -1.84. The summed E-state index contributed by atoms with van der Waals surface area (Å²) in [6.07, 6.45) is 1.08. The molecule has 0 aromatic carbocycles. The molecule has 3 rings (SSSR count). The third kappa shape index (κ3) is 3.57. The number of β-amino-alcohol motifs (C(OH)–C–C–N with tert-alkyl or cyclic N) is 1. The van der Waals surface area contributed by atoms with Crippen molar-refractivity contribution in [2.45, 2.75) is 20.0 Å². The Balaban J connectivity index is 1.67. The number of carbonyl (C=O) groups excluding carboxylic acids is 1. The minimum atomic E-state index is -0.342. The summed E-state index contributed by atoms with van der Waals surface area (Å²) in [6, 6.07) is 0. The number of aromatic amines is 1. The van der Waals surface area contributed by atoms with Crippen molar-refractivity contribution < 1.29 is 9.90 Å². The van der Waals surface area contributed by atoms with Gasteiger partial charge in [0.25, 0.3) is 5.91 Å². The summed E-state index contributed by atoms with van der Waals surface area (Å²) >= 11 is 1.34. The first-order valence-corrected chi connectivity index (χ1v) is 8.39. The van der Waals surface area contributed by atoms with E-state index in [4.69, 9.17) is 0 Å². The van der Waals surface area contributed by atoms with E-state index < -0.39 is 0 Å². The molecule has 1 saturated heterocycles. The second-order valence-corrected chi connectivity index (χ2v) is 6.71. The van der Waals surface area contributed by atoms with Crippen LogP contribution >= 0.6 is 11.3 Å². The molecular weight excluding hydrogens is 316 g/mol. The molecule has 2 aromatic heterocycles. The molecule has 9 heteroatoms. The summed E-state index contributed by atoms with van der Waals surface area (Å²) in [6.45, 7) is 7.17. The van der Waals surface area contributed by atoms with Crippen molar-refractivity contribution in [3.05, 3.63) is 16.9 Å². The quantitative estimate of drug-likeness (QED) is 0.837. The number of hydrogen-bond acceptors (Lipinski definition) is 7. The van der Waals surface area contributed by atoms with Crippen LogP contribution < -0.4 is 0 Å². The molecule has 1 aliphatic heterocycles. The predicted molar refractivity (Wildman–Crippen MR) is 86.3 cm³/mol. The van der Waals surface area contributed by atoms with E-state index >= 15 is 0 Å². The zero-order valence-electron chi connectivity index (χ0n) is 13.2. The third-order valence-corrected chi connectivity index (χ3v) is 4.94. The van der Waals surface area contributed by atoms with Crippen LogP contribution in [0.2, 0.25) is 0 Å². The van der Waals surface area contributed by atoms with Crippen LogP contribution in [0.4, 0.5) is 0 Å². The summed E-state index contributed by atoms with van der Waals surface area (Å²) in [4.78, 5) is 25.9. The highest BCUT2D eigenvalue weighted by Crippen LogP contribution is 2.26. The maximum absolute atomic E-state index is 12.7. The topological polar surface area (TPSA) is 98.2 Å². The summed E-state index contributed by atoms with van der Waals surface area (Å²) in [5.41, 5.74) is 0.720. The van der Waals surface area contributed by atoms with Gasteiger partial charge in [-0.15, -0.1) is 11.3 Å². The van der Waals surface area contributed by atoms with Crippen LogP contribution in [0.1, 0.15) is 22.3 Å². The third-order valence-electron chi connectivity index (χ3n) is 3.79. The van der Waals surface area contributed by atoms with E-state index in [1.807, 2.05) is 11.8 Å². The van der Waals surface area contributed by atoms with E-state index in [0.29, 0.717) is 35.3 Å². The van der Waals surface area contributed by atoms with Crippen molar-refractivity contribution >= 4 is 17.2 Å². The maximum Gasteiger partial charge on any atom is 0.265 e. The number of amides is 1. The minimum Gasteiger partial charge on any atom is -0.392 e. The van der Waals surface area contributed by atoms with Crippen LogP contribution in [-0.4, -0.2) is 79.8 Å². The molecule has 1 aliphatic rings. The molecule has 0 saturated carbocycles. The number of aryl methyl sites for hydroxylation is 1. The van der Waals surface area contributed by atoms with Gasteiger partial charge in [-0.2, -0.15) is 5.10 Å². The molecule has 0 unspecified atom stereocenters. The Morgan fingerprint density at radius 2 is 2.17 bits per heavy atom. The van der Waals surface area contributed by atoms with Crippen molar-refractivity contribution in [3.8, 4) is 10.8 Å². The minimum absolute atomic E-state index is 0.0162. The summed E-state index contributed by atoms with van der Waals surface area (Å²) in [5, 5.41) is 16.7. The van der Waals surface area contributed by atoms with Gasteiger partial charge < -0.3 is 10.0 Å². The molecule has 0 bridgehead atoms. The monoisotopic (exact) mass is 336 g/mol. The number of nitrogens with one attached hydrogen (secondary N) is 1. The Morgan fingerprint density at radius 3 is 2.78 bits per heavy atom. The van der Waals surface area contributed by atoms with Crippen LogP contribution in [0.25, 0.3) is 10.8 Å². The average molecular weight is 336 g/mol. The molecule has 0 spiro atoms. The van der Waals surface area contributed by atoms with Gasteiger partial charge in [-0.25, -0.2) is 9.97 Å². The molecule has 3 heterocycles. The molecule has 2 aromatic rings. The second kappa shape index (κ2) is 6.73. The molecule has 0 radical (unpaired) electrons. The van der Waals surface area contributed by atoms with Gasteiger partial charge in [-0.3, -0.25) is 14.8 Å². The Morgan fingerprint density at radius 1 is 1.43 bits per heavy atom. The van der Waals surface area contributed by atoms with Crippen molar-refractivity contribution in [1.82, 2.24) is 30.0 Å². The van der Waals surface area contributed by atoms with Gasteiger partial charge in [0.2, 0.25) is 0 Å². The van der Waals surface area contributed by atoms with Gasteiger partial charge in [0.1, 0.15) is 11.2 Å². The fourth-order valence-electron chi connectivity index (χ4n) is 2.66. The number of rotatable bonds is 4. The van der Waals surface area contributed by atoms with Gasteiger partial charge >= 0.3 is 0 Å². The van der Waals surface area contributed by atoms with Gasteiger partial charge in [-0.1, -0.05) is 0 Å². The number of piperazine rings is 1. The molecule has 1 amide bonds. The highest BCUT2D eigenvalue weighted by Gasteiger charge is 2.26. The first-order chi connectivity index (χ1) is 11.0. The first-order valence-electron chi connectivity index (χ1n) is 7.57. The highest BCUT2D eigenvalue weighted by atomic mass is 32.1. The average Bonchev–Trinajstić information content (AvgIpc) is 3.16. The number of aliphatic hydroxyl groups excluding tert-OH is 1. The lowest BCUT2D eigenvalue weighted by molar-refractivity contribution is 0.0557. The number of aliphatic hydroxyl groups is 1. The fourth-order valence-corrected chi connectivity index (χ4v) is 3.64. The van der Waals surface area contributed by atoms with Gasteiger partial charge in [0.05, 0.1) is 11.8 Å². The lowest BCUT2D eigenvalue weighted by Crippen LogP contribution is -2.50. The van der Waals surface area contributed by atoms with Crippen LogP contribution in [0.3, 0.4) is 0 Å². The van der Waals surface area contributed by atoms with E-state index in [1.165, 1.54) is 17.7 Å². The molecule has 124 valence electrons. The van der Waals surface area contributed by atoms with Gasteiger partial charge in [-0.05, 0) is 13.8 Å². The van der Waals surface area contributed by atoms with Crippen molar-refractivity contribution in [1.29, 1.82) is 0 Å². The SMILES string of the molecule is Cc1nc(-c2ncn[nH]2)sc1C(=O)N1CCN(C[C@H](C)O)CC1. The molecule has 1 fully saturated rings. The van der Waals surface area contributed by atoms with Crippen molar-refractivity contribution in [2.24, 2.45) is 0 Å². The molecule has 23 heavy (non-hydrogen) atoms. The van der Waals surface area contributed by atoms with Crippen LogP contribution in [-0.2, 0) is 0 Å². The van der Waals surface area contributed by atoms with E-state index in [9.17, 15) is 9.90 Å². The number of hydrogen-bond donors (Lipinski definition) is 2. The molecule has 1 atom stereocenters. The van der Waals surface area contributed by atoms with Crippen LogP contribution in [0.15, 0.2) is 6.33 Å². The van der Waals surface area contributed by atoms with E-state index in [1.54, 1.807) is 6.92 Å². The lowest BCUT2D eigenvalue weighted by atomic mass is 10.2. The Kier molecular flexibility index (Phi) is 4.69. The Labute approximate surface area is 138 Å². The Bertz CT molecular complexity index is 661. The van der Waals surface area contributed by atoms with Gasteiger partial charge in [0.15, 0.2) is 10.8 Å². The second-order valence-electron chi connectivity index (χ2n) is 5.71. The summed E-state index contributed by atoms with van der Waals surface area (Å²) in [7, 11) is 0. The number of carbonyl (C=O) groups is 1. The van der Waals surface area contributed by atoms with Crippen LogP contribution in [0, 0.1) is 6.92 Å². The van der Waals surface area contributed by atoms with E-state index in [2.05, 4.69) is 25.1 Å². The van der Waals surface area contributed by atoms with Crippen molar-refractivity contribution in [2.75, 3.05) is 32.7 Å². The number of nitrogens with zero attached hydrogens (tertiary/aromatic N) is 5. The number of H-pyrrole nitrogens is 1.